The maximum atomic E-state index is 13.1. The van der Waals surface area contributed by atoms with Crippen LogP contribution in [0.3, 0.4) is 0 Å². The molecule has 1 aliphatic heterocycles. The maximum absolute atomic E-state index is 13.1. The van der Waals surface area contributed by atoms with Crippen LogP contribution in [0.1, 0.15) is 36.2 Å². The zero-order chi connectivity index (χ0) is 26.6. The van der Waals surface area contributed by atoms with Gasteiger partial charge in [0.05, 0.1) is 27.4 Å². The first-order valence-electron chi connectivity index (χ1n) is 12.4. The van der Waals surface area contributed by atoms with Gasteiger partial charge in [-0.3, -0.25) is 4.79 Å². The van der Waals surface area contributed by atoms with Crippen molar-refractivity contribution in [3.63, 3.8) is 0 Å². The number of ether oxygens (including phenoxy) is 1. The molecule has 1 amide bonds. The molecule has 1 unspecified atom stereocenters. The smallest absolute Gasteiger partial charge is 0.255 e. The molecular formula is C28H32ClN3O4S. The highest BCUT2D eigenvalue weighted by Gasteiger charge is 2.30. The number of anilines is 2. The van der Waals surface area contributed by atoms with Gasteiger partial charge in [-0.15, -0.1) is 0 Å². The number of nitrogens with zero attached hydrogens (tertiary/aromatic N) is 2. The lowest BCUT2D eigenvalue weighted by Gasteiger charge is -2.36. The molecule has 1 atom stereocenters. The predicted molar refractivity (Wildman–Crippen MR) is 148 cm³/mol. The van der Waals surface area contributed by atoms with Gasteiger partial charge < -0.3 is 15.0 Å². The molecule has 9 heteroatoms. The molecule has 1 saturated heterocycles. The van der Waals surface area contributed by atoms with E-state index in [1.54, 1.807) is 66.7 Å². The molecule has 0 aromatic heterocycles. The van der Waals surface area contributed by atoms with Gasteiger partial charge >= 0.3 is 0 Å². The van der Waals surface area contributed by atoms with Crippen molar-refractivity contribution in [1.29, 1.82) is 0 Å². The third-order valence-electron chi connectivity index (χ3n) is 6.48. The summed E-state index contributed by atoms with van der Waals surface area (Å²) in [6.07, 6.45) is 0.993. The van der Waals surface area contributed by atoms with Crippen molar-refractivity contribution in [2.45, 2.75) is 38.2 Å². The number of carbonyl (C=O) groups excluding carboxylic acids is 1. The van der Waals surface area contributed by atoms with Crippen LogP contribution < -0.4 is 15.0 Å². The van der Waals surface area contributed by atoms with Crippen molar-refractivity contribution >= 4 is 38.9 Å². The molecule has 0 radical (unpaired) electrons. The first-order chi connectivity index (χ1) is 17.7. The van der Waals surface area contributed by atoms with E-state index < -0.39 is 10.0 Å². The van der Waals surface area contributed by atoms with E-state index >= 15 is 0 Å². The summed E-state index contributed by atoms with van der Waals surface area (Å²) in [5.74, 6) is 0.451. The number of piperazine rings is 1. The first-order valence-corrected chi connectivity index (χ1v) is 14.2. The van der Waals surface area contributed by atoms with Crippen LogP contribution in [0.2, 0.25) is 5.02 Å². The summed E-state index contributed by atoms with van der Waals surface area (Å²) >= 11 is 6.57. The number of amides is 1. The van der Waals surface area contributed by atoms with Crippen LogP contribution in [0.25, 0.3) is 0 Å². The molecule has 3 aromatic rings. The van der Waals surface area contributed by atoms with E-state index in [-0.39, 0.29) is 16.9 Å². The third-order valence-corrected chi connectivity index (χ3v) is 8.70. The Kier molecular flexibility index (Phi) is 8.42. The minimum Gasteiger partial charge on any atom is -0.491 e. The lowest BCUT2D eigenvalue weighted by Crippen LogP contribution is -2.49. The fourth-order valence-corrected chi connectivity index (χ4v) is 5.86. The number of aryl methyl sites for hydroxylation is 1. The zero-order valence-electron chi connectivity index (χ0n) is 21.3. The van der Waals surface area contributed by atoms with Gasteiger partial charge in [-0.05, 0) is 68.8 Å². The molecule has 0 saturated carbocycles. The van der Waals surface area contributed by atoms with E-state index in [9.17, 15) is 13.2 Å². The zero-order valence-corrected chi connectivity index (χ0v) is 22.8. The summed E-state index contributed by atoms with van der Waals surface area (Å²) in [6, 6.07) is 19.3. The van der Waals surface area contributed by atoms with Gasteiger partial charge in [0.25, 0.3) is 5.91 Å². The Balaban J connectivity index is 1.46. The van der Waals surface area contributed by atoms with Crippen LogP contribution in [0, 0.1) is 6.92 Å². The Bertz CT molecular complexity index is 1340. The Morgan fingerprint density at radius 3 is 2.27 bits per heavy atom. The number of carbonyl (C=O) groups is 1. The highest BCUT2D eigenvalue weighted by Crippen LogP contribution is 2.35. The van der Waals surface area contributed by atoms with Crippen molar-refractivity contribution in [3.05, 3.63) is 82.9 Å². The topological polar surface area (TPSA) is 79.0 Å². The molecule has 1 fully saturated rings. The summed E-state index contributed by atoms with van der Waals surface area (Å²) in [5, 5.41) is 3.46. The lowest BCUT2D eigenvalue weighted by molar-refractivity contribution is 0.102. The summed E-state index contributed by atoms with van der Waals surface area (Å²) in [7, 11) is -3.58. The number of benzene rings is 3. The monoisotopic (exact) mass is 541 g/mol. The molecule has 3 aromatic carbocycles. The molecule has 0 aliphatic carbocycles. The Hall–Kier alpha value is -3.07. The second-order valence-electron chi connectivity index (χ2n) is 9.16. The molecule has 0 spiro atoms. The average Bonchev–Trinajstić information content (AvgIpc) is 2.89. The molecule has 1 heterocycles. The number of nitrogens with one attached hydrogen (secondary N) is 1. The second-order valence-corrected chi connectivity index (χ2v) is 11.5. The summed E-state index contributed by atoms with van der Waals surface area (Å²) in [5.41, 5.74) is 2.76. The fraction of sp³-hybridized carbons (Fsp3) is 0.321. The number of para-hydroxylation sites is 1. The Labute approximate surface area is 224 Å². The summed E-state index contributed by atoms with van der Waals surface area (Å²) in [6.45, 7) is 7.49. The van der Waals surface area contributed by atoms with Crippen LogP contribution in [0.5, 0.6) is 5.75 Å². The van der Waals surface area contributed by atoms with Gasteiger partial charge in [-0.2, -0.15) is 4.31 Å². The predicted octanol–water partition coefficient (Wildman–Crippen LogP) is 5.59. The molecule has 7 nitrogen and oxygen atoms in total. The largest absolute Gasteiger partial charge is 0.491 e. The van der Waals surface area contributed by atoms with Crippen molar-refractivity contribution in [3.8, 4) is 5.75 Å². The van der Waals surface area contributed by atoms with E-state index in [4.69, 9.17) is 16.3 Å². The molecule has 196 valence electrons. The standard InChI is InChI=1S/C28H32ClN3O4S/c1-4-21(3)36-23-12-10-22(11-13-23)28(33)30-26-7-5-6-25(29)27(26)31-16-18-32(19-17-31)37(34,35)24-14-8-20(2)9-15-24/h5-15,21H,4,16-19H2,1-3H3,(H,30,33). The maximum Gasteiger partial charge on any atom is 0.255 e. The van der Waals surface area contributed by atoms with Crippen LogP contribution in [-0.4, -0.2) is 50.9 Å². The van der Waals surface area contributed by atoms with Gasteiger partial charge in [0.1, 0.15) is 5.75 Å². The Morgan fingerprint density at radius 2 is 1.65 bits per heavy atom. The van der Waals surface area contributed by atoms with Crippen LogP contribution >= 0.6 is 11.6 Å². The second kappa shape index (κ2) is 11.5. The van der Waals surface area contributed by atoms with E-state index in [2.05, 4.69) is 12.2 Å². The number of sulfonamides is 1. The van der Waals surface area contributed by atoms with E-state index in [1.165, 1.54) is 4.31 Å². The molecule has 1 aliphatic rings. The van der Waals surface area contributed by atoms with Crippen molar-refractivity contribution in [2.75, 3.05) is 36.4 Å². The van der Waals surface area contributed by atoms with E-state index in [1.807, 2.05) is 18.7 Å². The summed E-state index contributed by atoms with van der Waals surface area (Å²) < 4.78 is 33.5. The van der Waals surface area contributed by atoms with Crippen molar-refractivity contribution in [1.82, 2.24) is 4.31 Å². The molecule has 37 heavy (non-hydrogen) atoms. The molecule has 4 rings (SSSR count). The average molecular weight is 542 g/mol. The van der Waals surface area contributed by atoms with Gasteiger partial charge in [0.2, 0.25) is 10.0 Å². The quantitative estimate of drug-likeness (QED) is 0.402. The van der Waals surface area contributed by atoms with Crippen LogP contribution in [0.15, 0.2) is 71.6 Å². The van der Waals surface area contributed by atoms with Gasteiger partial charge in [-0.1, -0.05) is 42.3 Å². The first kappa shape index (κ1) is 27.0. The lowest BCUT2D eigenvalue weighted by atomic mass is 10.1. The number of rotatable bonds is 8. The minimum absolute atomic E-state index is 0.0982. The molecule has 0 bridgehead atoms. The van der Waals surface area contributed by atoms with Gasteiger partial charge in [0, 0.05) is 31.7 Å². The van der Waals surface area contributed by atoms with Crippen molar-refractivity contribution < 1.29 is 17.9 Å². The number of hydrogen-bond donors (Lipinski definition) is 1. The normalized spacial score (nSPS) is 15.3. The van der Waals surface area contributed by atoms with Gasteiger partial charge in [0.15, 0.2) is 0 Å². The molecular weight excluding hydrogens is 510 g/mol. The van der Waals surface area contributed by atoms with Crippen molar-refractivity contribution in [2.24, 2.45) is 0 Å². The van der Waals surface area contributed by atoms with Crippen LogP contribution in [-0.2, 0) is 10.0 Å². The van der Waals surface area contributed by atoms with Crippen LogP contribution in [0.4, 0.5) is 11.4 Å². The highest BCUT2D eigenvalue weighted by atomic mass is 35.5. The minimum atomic E-state index is -3.58. The summed E-state index contributed by atoms with van der Waals surface area (Å²) in [4.78, 5) is 15.3. The van der Waals surface area contributed by atoms with Gasteiger partial charge in [-0.25, -0.2) is 8.42 Å². The highest BCUT2D eigenvalue weighted by molar-refractivity contribution is 7.89. The number of hydrogen-bond acceptors (Lipinski definition) is 5. The Morgan fingerprint density at radius 1 is 1.00 bits per heavy atom. The van der Waals surface area contributed by atoms with E-state index in [0.717, 1.165) is 12.0 Å². The SMILES string of the molecule is CCC(C)Oc1ccc(C(=O)Nc2cccc(Cl)c2N2CCN(S(=O)(=O)c3ccc(C)cc3)CC2)cc1. The molecule has 1 N–H and O–H groups in total. The fourth-order valence-electron chi connectivity index (χ4n) is 4.14. The third kappa shape index (κ3) is 6.26. The number of halogens is 1. The van der Waals surface area contributed by atoms with E-state index in [0.29, 0.717) is 53.9 Å².